The first-order valence-electron chi connectivity index (χ1n) is 11.9. The van der Waals surface area contributed by atoms with Crippen LogP contribution in [0.25, 0.3) is 11.5 Å². The third-order valence-electron chi connectivity index (χ3n) is 6.74. The molecule has 4 aromatic rings. The van der Waals surface area contributed by atoms with Gasteiger partial charge in [0.15, 0.2) is 0 Å². The predicted octanol–water partition coefficient (Wildman–Crippen LogP) is 5.05. The molecule has 7 nitrogen and oxygen atoms in total. The Labute approximate surface area is 209 Å². The van der Waals surface area contributed by atoms with Crippen molar-refractivity contribution in [3.8, 4) is 17.2 Å². The second-order valence-corrected chi connectivity index (χ2v) is 9.23. The molecular weight excluding hydrogens is 454 g/mol. The van der Waals surface area contributed by atoms with Gasteiger partial charge in [-0.05, 0) is 55.2 Å². The summed E-state index contributed by atoms with van der Waals surface area (Å²) in [6, 6.07) is 24.3. The molecule has 0 unspecified atom stereocenters. The highest BCUT2D eigenvalue weighted by atomic mass is 16.5. The maximum Gasteiger partial charge on any atom is 0.247 e. The van der Waals surface area contributed by atoms with Crippen LogP contribution >= 0.6 is 0 Å². The highest BCUT2D eigenvalue weighted by Crippen LogP contribution is 2.43. The topological polar surface area (TPSA) is 85.5 Å². The van der Waals surface area contributed by atoms with Crippen LogP contribution in [0.15, 0.2) is 83.3 Å². The molecule has 7 heteroatoms. The Morgan fingerprint density at radius 1 is 1.00 bits per heavy atom. The van der Waals surface area contributed by atoms with Gasteiger partial charge in [0.25, 0.3) is 0 Å². The van der Waals surface area contributed by atoms with Crippen molar-refractivity contribution >= 4 is 11.8 Å². The smallest absolute Gasteiger partial charge is 0.247 e. The number of aromatic nitrogens is 2. The highest BCUT2D eigenvalue weighted by Gasteiger charge is 2.57. The number of amides is 2. The lowest BCUT2D eigenvalue weighted by atomic mass is 9.79. The minimum absolute atomic E-state index is 0.0450. The molecule has 0 spiro atoms. The number of carbonyl (C=O) groups is 2. The first-order chi connectivity index (χ1) is 17.4. The van der Waals surface area contributed by atoms with Crippen molar-refractivity contribution in [1.29, 1.82) is 0 Å². The molecule has 2 atom stereocenters. The van der Waals surface area contributed by atoms with Gasteiger partial charge in [0.05, 0.1) is 19.6 Å². The van der Waals surface area contributed by atoms with Crippen molar-refractivity contribution < 1.29 is 18.7 Å². The number of aryl methyl sites for hydroxylation is 1. The molecule has 36 heavy (non-hydrogen) atoms. The summed E-state index contributed by atoms with van der Waals surface area (Å²) in [4.78, 5) is 28.8. The van der Waals surface area contributed by atoms with Crippen molar-refractivity contribution in [2.75, 3.05) is 7.11 Å². The Morgan fingerprint density at radius 2 is 1.69 bits per heavy atom. The normalized spacial score (nSPS) is 18.5. The van der Waals surface area contributed by atoms with E-state index >= 15 is 0 Å². The minimum atomic E-state index is -1.29. The quantitative estimate of drug-likeness (QED) is 0.343. The Morgan fingerprint density at radius 3 is 2.39 bits per heavy atom. The second kappa shape index (κ2) is 9.41. The number of carbonyl (C=O) groups excluding carboxylic acids is 2. The van der Waals surface area contributed by atoms with Crippen LogP contribution < -0.4 is 4.74 Å². The Hall–Kier alpha value is -4.26. The molecule has 1 saturated heterocycles. The van der Waals surface area contributed by atoms with Crippen LogP contribution in [0.2, 0.25) is 0 Å². The van der Waals surface area contributed by atoms with Gasteiger partial charge in [-0.2, -0.15) is 0 Å². The van der Waals surface area contributed by atoms with Crippen LogP contribution in [0.3, 0.4) is 0 Å². The zero-order chi connectivity index (χ0) is 25.3. The Kier molecular flexibility index (Phi) is 6.14. The number of rotatable bonds is 7. The SMILES string of the molecule is COc1cc(C)cc(-c2nnc([C@@]3(Cc4ccccc4)CC(=O)N([C@H](C)c4ccccc4)C3=O)o2)c1. The predicted molar refractivity (Wildman–Crippen MR) is 134 cm³/mol. The van der Waals surface area contributed by atoms with Crippen molar-refractivity contribution in [1.82, 2.24) is 15.1 Å². The summed E-state index contributed by atoms with van der Waals surface area (Å²) < 4.78 is 11.5. The highest BCUT2D eigenvalue weighted by molar-refractivity contribution is 6.09. The molecule has 1 aromatic heterocycles. The number of methoxy groups -OCH3 is 1. The van der Waals surface area contributed by atoms with Crippen molar-refractivity contribution in [3.63, 3.8) is 0 Å². The first kappa shape index (κ1) is 23.5. The van der Waals surface area contributed by atoms with Crippen LogP contribution in [-0.2, 0) is 21.4 Å². The molecule has 1 fully saturated rings. The van der Waals surface area contributed by atoms with E-state index in [-0.39, 0.29) is 36.4 Å². The van der Waals surface area contributed by atoms with Gasteiger partial charge in [-0.15, -0.1) is 10.2 Å². The number of benzene rings is 3. The van der Waals surface area contributed by atoms with E-state index in [2.05, 4.69) is 10.2 Å². The first-order valence-corrected chi connectivity index (χ1v) is 11.9. The molecule has 0 aliphatic carbocycles. The summed E-state index contributed by atoms with van der Waals surface area (Å²) >= 11 is 0. The molecule has 0 bridgehead atoms. The third-order valence-corrected chi connectivity index (χ3v) is 6.74. The lowest BCUT2D eigenvalue weighted by molar-refractivity contribution is -0.142. The van der Waals surface area contributed by atoms with Crippen molar-refractivity contribution in [3.05, 3.63) is 101 Å². The van der Waals surface area contributed by atoms with E-state index in [1.165, 1.54) is 4.90 Å². The molecule has 0 N–H and O–H groups in total. The zero-order valence-corrected chi connectivity index (χ0v) is 20.5. The van der Waals surface area contributed by atoms with Crippen molar-refractivity contribution in [2.45, 2.75) is 38.1 Å². The monoisotopic (exact) mass is 481 g/mol. The largest absolute Gasteiger partial charge is 0.497 e. The summed E-state index contributed by atoms with van der Waals surface area (Å²) in [6.45, 7) is 3.81. The molecule has 3 aromatic carbocycles. The van der Waals surface area contributed by atoms with Gasteiger partial charge in [-0.25, -0.2) is 0 Å². The summed E-state index contributed by atoms with van der Waals surface area (Å²) in [6.07, 6.45) is 0.228. The average molecular weight is 482 g/mol. The van der Waals surface area contributed by atoms with E-state index in [9.17, 15) is 9.59 Å². The lowest BCUT2D eigenvalue weighted by Gasteiger charge is -2.27. The summed E-state index contributed by atoms with van der Waals surface area (Å²) in [7, 11) is 1.60. The summed E-state index contributed by atoms with van der Waals surface area (Å²) in [5.74, 6) is 0.491. The average Bonchev–Trinajstić information content (AvgIpc) is 3.48. The number of imide groups is 1. The fourth-order valence-electron chi connectivity index (χ4n) is 4.88. The summed E-state index contributed by atoms with van der Waals surface area (Å²) in [5.41, 5.74) is 2.16. The van der Waals surface area contributed by atoms with Gasteiger partial charge in [0.2, 0.25) is 23.6 Å². The molecule has 2 amide bonds. The van der Waals surface area contributed by atoms with E-state index in [0.717, 1.165) is 16.7 Å². The van der Waals surface area contributed by atoms with E-state index in [4.69, 9.17) is 9.15 Å². The third kappa shape index (κ3) is 4.17. The van der Waals surface area contributed by atoms with Crippen LogP contribution in [0.5, 0.6) is 5.75 Å². The molecule has 0 radical (unpaired) electrons. The number of nitrogens with zero attached hydrogens (tertiary/aromatic N) is 3. The Bertz CT molecular complexity index is 1400. The van der Waals surface area contributed by atoms with Crippen LogP contribution in [0, 0.1) is 6.92 Å². The van der Waals surface area contributed by atoms with Crippen LogP contribution in [-0.4, -0.2) is 34.0 Å². The van der Waals surface area contributed by atoms with Crippen LogP contribution in [0.4, 0.5) is 0 Å². The number of ether oxygens (including phenoxy) is 1. The molecule has 1 aliphatic heterocycles. The van der Waals surface area contributed by atoms with Gasteiger partial charge in [-0.1, -0.05) is 60.7 Å². The van der Waals surface area contributed by atoms with Gasteiger partial charge in [0.1, 0.15) is 11.2 Å². The summed E-state index contributed by atoms with van der Waals surface area (Å²) in [5, 5.41) is 8.59. The molecule has 182 valence electrons. The fraction of sp³-hybridized carbons (Fsp3) is 0.241. The lowest BCUT2D eigenvalue weighted by Crippen LogP contribution is -2.41. The maximum atomic E-state index is 14.1. The van der Waals surface area contributed by atoms with Gasteiger partial charge < -0.3 is 9.15 Å². The van der Waals surface area contributed by atoms with Gasteiger partial charge in [0, 0.05) is 5.56 Å². The molecule has 2 heterocycles. The molecular formula is C29H27N3O4. The second-order valence-electron chi connectivity index (χ2n) is 9.23. The fourth-order valence-corrected chi connectivity index (χ4v) is 4.88. The number of hydrogen-bond donors (Lipinski definition) is 0. The minimum Gasteiger partial charge on any atom is -0.497 e. The maximum absolute atomic E-state index is 14.1. The number of hydrogen-bond acceptors (Lipinski definition) is 6. The van der Waals surface area contributed by atoms with Crippen molar-refractivity contribution in [2.24, 2.45) is 0 Å². The Balaban J connectivity index is 1.58. The standard InChI is InChI=1S/C29H27N3O4/c1-19-14-23(16-24(15-19)35-3)26-30-31-27(36-26)29(17-21-10-6-4-7-11-21)18-25(33)32(28(29)34)20(2)22-12-8-5-9-13-22/h4-16,20H,17-18H2,1-3H3/t20-,29-/m1/s1. The van der Waals surface area contributed by atoms with Gasteiger partial charge in [-0.3, -0.25) is 14.5 Å². The zero-order valence-electron chi connectivity index (χ0n) is 20.5. The van der Waals surface area contributed by atoms with Crippen LogP contribution in [0.1, 0.15) is 42.0 Å². The molecule has 1 aliphatic rings. The molecule has 5 rings (SSSR count). The van der Waals surface area contributed by atoms with Gasteiger partial charge >= 0.3 is 0 Å². The van der Waals surface area contributed by atoms with E-state index in [0.29, 0.717) is 11.3 Å². The number of likely N-dealkylation sites (tertiary alicyclic amines) is 1. The van der Waals surface area contributed by atoms with E-state index in [1.54, 1.807) is 13.2 Å². The van der Waals surface area contributed by atoms with E-state index < -0.39 is 11.5 Å². The molecule has 0 saturated carbocycles. The van der Waals surface area contributed by atoms with E-state index in [1.807, 2.05) is 86.6 Å².